The highest BCUT2D eigenvalue weighted by Gasteiger charge is 2.32. The van der Waals surface area contributed by atoms with E-state index >= 15 is 0 Å². The Morgan fingerprint density at radius 1 is 1.75 bits per heavy atom. The monoisotopic (exact) mass is 227 g/mol. The molecular weight excluding hydrogens is 214 g/mol. The van der Waals surface area contributed by atoms with Crippen LogP contribution in [0.4, 0.5) is 0 Å². The van der Waals surface area contributed by atoms with Crippen LogP contribution in [0.2, 0.25) is 0 Å². The maximum Gasteiger partial charge on any atom is 0.333 e. The minimum Gasteiger partial charge on any atom is -0.463 e. The third-order valence-electron chi connectivity index (χ3n) is 2.27. The summed E-state index contributed by atoms with van der Waals surface area (Å²) < 4.78 is 4.76. The molecule has 1 aliphatic rings. The molecule has 88 valence electrons. The molecule has 16 heavy (non-hydrogen) atoms. The Kier molecular flexibility index (Phi) is 4.30. The molecule has 0 unspecified atom stereocenters. The molecule has 1 aliphatic carbocycles. The lowest BCUT2D eigenvalue weighted by molar-refractivity contribution is -0.139. The van der Waals surface area contributed by atoms with Crippen molar-refractivity contribution in [1.82, 2.24) is 0 Å². The highest BCUT2D eigenvalue weighted by atomic mass is 16.5. The molecule has 7 heteroatoms. The zero-order chi connectivity index (χ0) is 12.1. The van der Waals surface area contributed by atoms with Gasteiger partial charge in [-0.25, -0.2) is 4.79 Å². The van der Waals surface area contributed by atoms with Gasteiger partial charge in [0, 0.05) is 16.9 Å². The van der Waals surface area contributed by atoms with E-state index in [9.17, 15) is 15.0 Å². The highest BCUT2D eigenvalue weighted by Crippen LogP contribution is 2.22. The number of azide groups is 1. The van der Waals surface area contributed by atoms with Crippen molar-refractivity contribution in [1.29, 1.82) is 0 Å². The van der Waals surface area contributed by atoms with E-state index in [1.54, 1.807) is 6.92 Å². The van der Waals surface area contributed by atoms with Gasteiger partial charge in [0.1, 0.15) is 0 Å². The normalized spacial score (nSPS) is 28.9. The van der Waals surface area contributed by atoms with Crippen molar-refractivity contribution < 1.29 is 19.7 Å². The van der Waals surface area contributed by atoms with Gasteiger partial charge in [-0.15, -0.1) is 0 Å². The standard InChI is InChI=1S/C9H13N3O4/c1-2-16-9(15)5-3-6(11-12-10)8(14)7(13)4-5/h3,6-8,13-14H,2,4H2,1H3/t6-,7+,8+/m0/s1. The lowest BCUT2D eigenvalue weighted by atomic mass is 9.91. The fourth-order valence-electron chi connectivity index (χ4n) is 1.48. The molecule has 1 rings (SSSR count). The summed E-state index contributed by atoms with van der Waals surface area (Å²) in [6, 6.07) is -0.937. The van der Waals surface area contributed by atoms with E-state index in [4.69, 9.17) is 10.3 Å². The van der Waals surface area contributed by atoms with Crippen LogP contribution in [-0.2, 0) is 9.53 Å². The first-order valence-corrected chi connectivity index (χ1v) is 4.88. The molecule has 0 fully saturated rings. The van der Waals surface area contributed by atoms with E-state index < -0.39 is 24.2 Å². The molecule has 0 spiro atoms. The number of hydrogen-bond donors (Lipinski definition) is 2. The number of aliphatic hydroxyl groups excluding tert-OH is 2. The Morgan fingerprint density at radius 3 is 3.00 bits per heavy atom. The number of rotatable bonds is 3. The van der Waals surface area contributed by atoms with E-state index in [1.807, 2.05) is 0 Å². The predicted molar refractivity (Wildman–Crippen MR) is 54.3 cm³/mol. The van der Waals surface area contributed by atoms with Gasteiger partial charge in [0.15, 0.2) is 0 Å². The molecule has 0 aromatic carbocycles. The smallest absolute Gasteiger partial charge is 0.333 e. The van der Waals surface area contributed by atoms with Crippen LogP contribution in [0.1, 0.15) is 13.3 Å². The zero-order valence-electron chi connectivity index (χ0n) is 8.78. The summed E-state index contributed by atoms with van der Waals surface area (Å²) in [5.74, 6) is -0.563. The van der Waals surface area contributed by atoms with E-state index in [2.05, 4.69) is 10.0 Å². The maximum atomic E-state index is 11.4. The minimum absolute atomic E-state index is 0.00253. The Morgan fingerprint density at radius 2 is 2.44 bits per heavy atom. The van der Waals surface area contributed by atoms with Gasteiger partial charge in [0.05, 0.1) is 24.9 Å². The molecule has 0 amide bonds. The largest absolute Gasteiger partial charge is 0.463 e. The van der Waals surface area contributed by atoms with Gasteiger partial charge >= 0.3 is 5.97 Å². The number of hydrogen-bond acceptors (Lipinski definition) is 5. The van der Waals surface area contributed by atoms with Gasteiger partial charge in [-0.05, 0) is 12.5 Å². The third kappa shape index (κ3) is 2.73. The Labute approximate surface area is 92.0 Å². The number of carbonyl (C=O) groups is 1. The van der Waals surface area contributed by atoms with Gasteiger partial charge in [0.25, 0.3) is 0 Å². The SMILES string of the molecule is CCOC(=O)C1=C[C@H](N=[N+]=[N-])[C@@H](O)[C@H](O)C1. The van der Waals surface area contributed by atoms with E-state index in [0.29, 0.717) is 0 Å². The van der Waals surface area contributed by atoms with E-state index in [1.165, 1.54) is 6.08 Å². The number of ether oxygens (including phenoxy) is 1. The van der Waals surface area contributed by atoms with Gasteiger partial charge in [0.2, 0.25) is 0 Å². The third-order valence-corrected chi connectivity index (χ3v) is 2.27. The van der Waals surface area contributed by atoms with Crippen molar-refractivity contribution in [2.75, 3.05) is 6.61 Å². The van der Waals surface area contributed by atoms with E-state index in [-0.39, 0.29) is 18.6 Å². The summed E-state index contributed by atoms with van der Waals surface area (Å²) in [5, 5.41) is 22.3. The van der Waals surface area contributed by atoms with Crippen molar-refractivity contribution in [3.63, 3.8) is 0 Å². The Balaban J connectivity index is 2.89. The Hall–Kier alpha value is -1.56. The number of carbonyl (C=O) groups excluding carboxylic acids is 1. The van der Waals surface area contributed by atoms with Crippen LogP contribution >= 0.6 is 0 Å². The molecule has 7 nitrogen and oxygen atoms in total. The number of nitrogens with zero attached hydrogens (tertiary/aromatic N) is 3. The molecule has 0 saturated carbocycles. The van der Waals surface area contributed by atoms with Crippen LogP contribution in [0.3, 0.4) is 0 Å². The molecule has 3 atom stereocenters. The van der Waals surface area contributed by atoms with Crippen LogP contribution in [-0.4, -0.2) is 41.0 Å². The average Bonchev–Trinajstić information content (AvgIpc) is 2.25. The molecular formula is C9H13N3O4. The number of esters is 1. The first-order valence-electron chi connectivity index (χ1n) is 4.88. The molecule has 0 saturated heterocycles. The molecule has 0 radical (unpaired) electrons. The van der Waals surface area contributed by atoms with Gasteiger partial charge in [-0.3, -0.25) is 0 Å². The van der Waals surface area contributed by atoms with Crippen LogP contribution < -0.4 is 0 Å². The lowest BCUT2D eigenvalue weighted by Crippen LogP contribution is -2.40. The molecule has 0 aliphatic heterocycles. The van der Waals surface area contributed by atoms with Crippen LogP contribution in [0.25, 0.3) is 10.4 Å². The number of aliphatic hydroxyl groups is 2. The molecule has 0 heterocycles. The molecule has 0 aromatic rings. The van der Waals surface area contributed by atoms with Crippen molar-refractivity contribution in [2.45, 2.75) is 31.6 Å². The topological polar surface area (TPSA) is 116 Å². The van der Waals surface area contributed by atoms with Crippen molar-refractivity contribution >= 4 is 5.97 Å². The van der Waals surface area contributed by atoms with Crippen molar-refractivity contribution in [3.8, 4) is 0 Å². The molecule has 0 aromatic heterocycles. The van der Waals surface area contributed by atoms with Crippen LogP contribution in [0, 0.1) is 0 Å². The summed E-state index contributed by atoms with van der Waals surface area (Å²) >= 11 is 0. The summed E-state index contributed by atoms with van der Waals surface area (Å²) in [5.41, 5.74) is 8.49. The molecule has 0 bridgehead atoms. The first kappa shape index (κ1) is 12.5. The minimum atomic E-state index is -1.19. The molecule has 2 N–H and O–H groups in total. The second-order valence-corrected chi connectivity index (χ2v) is 3.37. The zero-order valence-corrected chi connectivity index (χ0v) is 8.78. The fraction of sp³-hybridized carbons (Fsp3) is 0.667. The average molecular weight is 227 g/mol. The summed E-state index contributed by atoms with van der Waals surface area (Å²) in [6.07, 6.45) is -0.985. The quantitative estimate of drug-likeness (QED) is 0.311. The second kappa shape index (κ2) is 5.50. The summed E-state index contributed by atoms with van der Waals surface area (Å²) in [6.45, 7) is 1.89. The van der Waals surface area contributed by atoms with Gasteiger partial charge < -0.3 is 14.9 Å². The van der Waals surface area contributed by atoms with Crippen LogP contribution in [0.15, 0.2) is 16.8 Å². The first-order chi connectivity index (χ1) is 7.60. The fourth-order valence-corrected chi connectivity index (χ4v) is 1.48. The van der Waals surface area contributed by atoms with Gasteiger partial charge in [-0.1, -0.05) is 11.2 Å². The van der Waals surface area contributed by atoms with E-state index in [0.717, 1.165) is 0 Å². The van der Waals surface area contributed by atoms with Crippen molar-refractivity contribution in [2.24, 2.45) is 5.11 Å². The Bertz CT molecular complexity index is 349. The highest BCUT2D eigenvalue weighted by molar-refractivity contribution is 5.89. The van der Waals surface area contributed by atoms with Crippen LogP contribution in [0.5, 0.6) is 0 Å². The second-order valence-electron chi connectivity index (χ2n) is 3.37. The van der Waals surface area contributed by atoms with Gasteiger partial charge in [-0.2, -0.15) is 0 Å². The van der Waals surface area contributed by atoms with Crippen molar-refractivity contribution in [3.05, 3.63) is 22.1 Å². The maximum absolute atomic E-state index is 11.4. The summed E-state index contributed by atoms with van der Waals surface area (Å²) in [4.78, 5) is 13.9. The predicted octanol–water partition coefficient (Wildman–Crippen LogP) is 0.280. The summed E-state index contributed by atoms with van der Waals surface area (Å²) in [7, 11) is 0. The lowest BCUT2D eigenvalue weighted by Gasteiger charge is -2.27.